The first-order valence-electron chi connectivity index (χ1n) is 2.04. The van der Waals surface area contributed by atoms with Crippen molar-refractivity contribution in [3.05, 3.63) is 18.0 Å². The number of nitrogens with two attached hydrogens (primary N) is 1. The molecule has 0 radical (unpaired) electrons. The van der Waals surface area contributed by atoms with Gasteiger partial charge in [-0.3, -0.25) is 0 Å². The molecule has 0 aliphatic rings. The summed E-state index contributed by atoms with van der Waals surface area (Å²) in [6.45, 7) is 0. The van der Waals surface area contributed by atoms with E-state index in [-0.39, 0.29) is 0 Å². The van der Waals surface area contributed by atoms with Gasteiger partial charge in [0.2, 0.25) is 0 Å². The molecule has 0 spiro atoms. The van der Waals surface area contributed by atoms with Gasteiger partial charge in [-0.1, -0.05) is 0 Å². The molecule has 0 aromatic carbocycles. The van der Waals surface area contributed by atoms with Crippen LogP contribution in [0.5, 0.6) is 0 Å². The zero-order valence-corrected chi connectivity index (χ0v) is 4.07. The molecule has 1 rings (SSSR count). The van der Waals surface area contributed by atoms with Crippen molar-refractivity contribution < 1.29 is 0 Å². The van der Waals surface area contributed by atoms with Gasteiger partial charge in [0.1, 0.15) is 6.07 Å². The molecule has 0 bridgehead atoms. The molecule has 0 aliphatic carbocycles. The number of nitrogen functional groups attached to an aromatic ring is 1. The molecule has 40 valence electrons. The van der Waals surface area contributed by atoms with Crippen LogP contribution in [0, 0.1) is 11.3 Å². The molecule has 0 aliphatic heterocycles. The molecule has 2 N–H and O–H groups in total. The summed E-state index contributed by atoms with van der Waals surface area (Å²) in [5.74, 6) is 5.11. The minimum absolute atomic E-state index is 0.340. The lowest BCUT2D eigenvalue weighted by molar-refractivity contribution is 0.826. The van der Waals surface area contributed by atoms with Crippen LogP contribution in [0.3, 0.4) is 0 Å². The third-order valence-corrected chi connectivity index (χ3v) is 0.723. The van der Waals surface area contributed by atoms with Crippen LogP contribution in [-0.4, -0.2) is 9.89 Å². The first kappa shape index (κ1) is 4.65. The number of rotatable bonds is 0. The van der Waals surface area contributed by atoms with Crippen LogP contribution in [0.1, 0.15) is 5.69 Å². The van der Waals surface area contributed by atoms with Gasteiger partial charge in [-0.15, -0.1) is 5.10 Å². The van der Waals surface area contributed by atoms with Gasteiger partial charge >= 0.3 is 0 Å². The van der Waals surface area contributed by atoms with Crippen molar-refractivity contribution in [3.8, 4) is 6.07 Å². The predicted octanol–water partition coefficient (Wildman–Crippen LogP) is -0.531. The van der Waals surface area contributed by atoms with Crippen molar-refractivity contribution >= 4 is 0 Å². The van der Waals surface area contributed by atoms with Crippen molar-refractivity contribution in [3.63, 3.8) is 0 Å². The summed E-state index contributed by atoms with van der Waals surface area (Å²) in [4.78, 5) is 1.10. The summed E-state index contributed by atoms with van der Waals surface area (Å²) >= 11 is 0. The van der Waals surface area contributed by atoms with Gasteiger partial charge in [-0.2, -0.15) is 10.1 Å². The maximum Gasteiger partial charge on any atom is 0.164 e. The number of nitriles is 1. The Balaban J connectivity index is 3.05. The van der Waals surface area contributed by atoms with Crippen LogP contribution in [0.15, 0.2) is 12.3 Å². The number of hydrogen-bond donors (Lipinski definition) is 1. The number of nitrogens with zero attached hydrogens (tertiary/aromatic N) is 3. The Hall–Kier alpha value is -1.50. The minimum atomic E-state index is 0.340. The minimum Gasteiger partial charge on any atom is -0.323 e. The van der Waals surface area contributed by atoms with Crippen LogP contribution < -0.4 is 5.84 Å². The van der Waals surface area contributed by atoms with Crippen LogP contribution >= 0.6 is 0 Å². The van der Waals surface area contributed by atoms with Crippen LogP contribution in [-0.2, 0) is 0 Å². The molecule has 4 heteroatoms. The van der Waals surface area contributed by atoms with E-state index in [0.29, 0.717) is 5.69 Å². The second-order valence-electron chi connectivity index (χ2n) is 1.29. The molecule has 1 aromatic rings. The third kappa shape index (κ3) is 0.611. The molecule has 0 atom stereocenters. The van der Waals surface area contributed by atoms with Gasteiger partial charge in [0, 0.05) is 6.20 Å². The van der Waals surface area contributed by atoms with Gasteiger partial charge in [0.15, 0.2) is 5.69 Å². The standard InChI is InChI=1S/C4H4N4/c5-3-4-1-2-8(6)7-4/h1-2H,6H2. The number of hydrogen-bond acceptors (Lipinski definition) is 3. The third-order valence-electron chi connectivity index (χ3n) is 0.723. The zero-order valence-electron chi connectivity index (χ0n) is 4.07. The van der Waals surface area contributed by atoms with E-state index in [1.165, 1.54) is 6.20 Å². The molecule has 1 aromatic heterocycles. The Bertz CT molecular complexity index is 218. The fourth-order valence-corrected chi connectivity index (χ4v) is 0.398. The second kappa shape index (κ2) is 1.54. The van der Waals surface area contributed by atoms with E-state index in [0.717, 1.165) is 4.79 Å². The molecule has 0 saturated carbocycles. The average molecular weight is 108 g/mol. The van der Waals surface area contributed by atoms with Crippen molar-refractivity contribution in [2.24, 2.45) is 0 Å². The van der Waals surface area contributed by atoms with E-state index >= 15 is 0 Å². The lowest BCUT2D eigenvalue weighted by Crippen LogP contribution is -2.07. The summed E-state index contributed by atoms with van der Waals surface area (Å²) in [6.07, 6.45) is 1.51. The van der Waals surface area contributed by atoms with Gasteiger partial charge in [-0.05, 0) is 6.07 Å². The van der Waals surface area contributed by atoms with E-state index < -0.39 is 0 Å². The molecular weight excluding hydrogens is 104 g/mol. The maximum atomic E-state index is 8.17. The van der Waals surface area contributed by atoms with Gasteiger partial charge in [0.05, 0.1) is 0 Å². The van der Waals surface area contributed by atoms with Crippen molar-refractivity contribution in [2.75, 3.05) is 5.84 Å². The molecule has 0 unspecified atom stereocenters. The van der Waals surface area contributed by atoms with Crippen LogP contribution in [0.4, 0.5) is 0 Å². The molecule has 4 nitrogen and oxygen atoms in total. The molecule has 0 saturated heterocycles. The van der Waals surface area contributed by atoms with Crippen molar-refractivity contribution in [1.29, 1.82) is 5.26 Å². The first-order chi connectivity index (χ1) is 3.83. The van der Waals surface area contributed by atoms with E-state index in [1.54, 1.807) is 6.07 Å². The van der Waals surface area contributed by atoms with Crippen molar-refractivity contribution in [1.82, 2.24) is 9.89 Å². The summed E-state index contributed by atoms with van der Waals surface area (Å²) in [5, 5.41) is 11.7. The molecule has 1 heterocycles. The van der Waals surface area contributed by atoms with E-state index in [1.807, 2.05) is 6.07 Å². The topological polar surface area (TPSA) is 67.6 Å². The number of aromatic nitrogens is 2. The van der Waals surface area contributed by atoms with Crippen molar-refractivity contribution in [2.45, 2.75) is 0 Å². The SMILES string of the molecule is N#Cc1ccn(N)n1. The predicted molar refractivity (Wildman–Crippen MR) is 27.1 cm³/mol. The highest BCUT2D eigenvalue weighted by Gasteiger charge is 1.89. The summed E-state index contributed by atoms with van der Waals surface area (Å²) in [5.41, 5.74) is 0.340. The Morgan fingerprint density at radius 3 is 2.88 bits per heavy atom. The lowest BCUT2D eigenvalue weighted by atomic mass is 10.5. The first-order valence-corrected chi connectivity index (χ1v) is 2.04. The Morgan fingerprint density at radius 1 is 1.88 bits per heavy atom. The summed E-state index contributed by atoms with van der Waals surface area (Å²) in [7, 11) is 0. The molecule has 0 fully saturated rings. The molecule has 0 amide bonds. The highest BCUT2D eigenvalue weighted by atomic mass is 15.5. The monoisotopic (exact) mass is 108 g/mol. The van der Waals surface area contributed by atoms with E-state index in [4.69, 9.17) is 11.1 Å². The highest BCUT2D eigenvalue weighted by molar-refractivity contribution is 5.16. The Morgan fingerprint density at radius 2 is 2.62 bits per heavy atom. The smallest absolute Gasteiger partial charge is 0.164 e. The highest BCUT2D eigenvalue weighted by Crippen LogP contribution is 1.86. The maximum absolute atomic E-state index is 8.17. The van der Waals surface area contributed by atoms with Gasteiger partial charge < -0.3 is 5.84 Å². The lowest BCUT2D eigenvalue weighted by Gasteiger charge is -1.80. The molecule has 8 heavy (non-hydrogen) atoms. The molecular formula is C4H4N4. The zero-order chi connectivity index (χ0) is 5.98. The van der Waals surface area contributed by atoms with Gasteiger partial charge in [-0.25, -0.2) is 0 Å². The quantitative estimate of drug-likeness (QED) is 0.454. The Kier molecular flexibility index (Phi) is 0.897. The largest absolute Gasteiger partial charge is 0.323 e. The summed E-state index contributed by atoms with van der Waals surface area (Å²) < 4.78 is 0. The van der Waals surface area contributed by atoms with Gasteiger partial charge in [0.25, 0.3) is 0 Å². The van der Waals surface area contributed by atoms with E-state index in [2.05, 4.69) is 5.10 Å². The fourth-order valence-electron chi connectivity index (χ4n) is 0.398. The summed E-state index contributed by atoms with van der Waals surface area (Å²) in [6, 6.07) is 3.38. The fraction of sp³-hybridized carbons (Fsp3) is 0. The average Bonchev–Trinajstić information content (AvgIpc) is 2.14. The second-order valence-corrected chi connectivity index (χ2v) is 1.29. The van der Waals surface area contributed by atoms with Crippen LogP contribution in [0.2, 0.25) is 0 Å². The van der Waals surface area contributed by atoms with Crippen LogP contribution in [0.25, 0.3) is 0 Å². The van der Waals surface area contributed by atoms with E-state index in [9.17, 15) is 0 Å². The normalized spacial score (nSPS) is 8.38. The Labute approximate surface area is 46.1 Å².